The Labute approximate surface area is 228 Å². The van der Waals surface area contributed by atoms with Crippen LogP contribution in [0.4, 0.5) is 0 Å². The van der Waals surface area contributed by atoms with Crippen molar-refractivity contribution < 1.29 is 49.3 Å². The van der Waals surface area contributed by atoms with E-state index >= 15 is 0 Å². The third kappa shape index (κ3) is 3.78. The fourth-order valence-electron chi connectivity index (χ4n) is 9.75. The normalized spacial score (nSPS) is 55.2. The van der Waals surface area contributed by atoms with E-state index in [1.807, 2.05) is 0 Å². The first-order chi connectivity index (χ1) is 18.4. The summed E-state index contributed by atoms with van der Waals surface area (Å²) in [5, 5.41) is 55.0. The molecule has 0 radical (unpaired) electrons. The van der Waals surface area contributed by atoms with Crippen LogP contribution in [-0.2, 0) is 23.8 Å². The largest absolute Gasteiger partial charge is 0.458 e. The Morgan fingerprint density at radius 1 is 0.974 bits per heavy atom. The minimum Gasteiger partial charge on any atom is -0.458 e. The average Bonchev–Trinajstić information content (AvgIpc) is 3.45. The molecule has 4 aliphatic carbocycles. The fourth-order valence-corrected chi connectivity index (χ4v) is 9.75. The lowest BCUT2D eigenvalue weighted by Crippen LogP contribution is -2.69. The van der Waals surface area contributed by atoms with Gasteiger partial charge in [-0.25, -0.2) is 4.79 Å². The molecule has 10 nitrogen and oxygen atoms in total. The van der Waals surface area contributed by atoms with Gasteiger partial charge in [0.2, 0.25) is 0 Å². The van der Waals surface area contributed by atoms with Gasteiger partial charge in [-0.1, -0.05) is 6.92 Å². The molecule has 0 unspecified atom stereocenters. The van der Waals surface area contributed by atoms with Crippen LogP contribution in [0.25, 0.3) is 0 Å². The van der Waals surface area contributed by atoms with Gasteiger partial charge in [0.25, 0.3) is 0 Å². The standard InChI is InChI=1S/C29H42O10/c1-15-22(32)23(33)24(34)25(38-15)39-17-3-8-27(14-30)19-4-7-26(2)18(16-11-21(31)37-13-16)6-10-29(26,36)20(19)5-9-28(27,35)12-17/h11,14-15,17-20,22-25,32-36H,3-10,12-13H2,1-2H3/t15-,17+,18+,19-,20+,22-,23-,24-,25+,26-,27+,28-,29+/m1/s1. The molecule has 0 bridgehead atoms. The predicted molar refractivity (Wildman–Crippen MR) is 135 cm³/mol. The van der Waals surface area contributed by atoms with Crippen molar-refractivity contribution in [1.82, 2.24) is 0 Å². The smallest absolute Gasteiger partial charge is 0.331 e. The van der Waals surface area contributed by atoms with E-state index in [9.17, 15) is 35.1 Å². The van der Waals surface area contributed by atoms with Gasteiger partial charge in [-0.05, 0) is 81.6 Å². The third-order valence-electron chi connectivity index (χ3n) is 12.0. The molecule has 6 rings (SSSR count). The van der Waals surface area contributed by atoms with Gasteiger partial charge in [-0.2, -0.15) is 0 Å². The second-order valence-corrected chi connectivity index (χ2v) is 13.4. The van der Waals surface area contributed by atoms with Crippen molar-refractivity contribution in [2.24, 2.45) is 28.6 Å². The maximum atomic E-state index is 13.0. The average molecular weight is 551 g/mol. The number of carbonyl (C=O) groups is 2. The minimum absolute atomic E-state index is 0.0465. The Bertz CT molecular complexity index is 1050. The van der Waals surface area contributed by atoms with Gasteiger partial charge in [0.1, 0.15) is 31.2 Å². The number of fused-ring (bicyclic) bond motifs is 5. The van der Waals surface area contributed by atoms with Crippen LogP contribution in [0.3, 0.4) is 0 Å². The number of esters is 1. The quantitative estimate of drug-likeness (QED) is 0.192. The van der Waals surface area contributed by atoms with Gasteiger partial charge in [0.15, 0.2) is 6.29 Å². The summed E-state index contributed by atoms with van der Waals surface area (Å²) < 4.78 is 16.9. The summed E-state index contributed by atoms with van der Waals surface area (Å²) in [4.78, 5) is 24.8. The molecule has 218 valence electrons. The Hall–Kier alpha value is -1.40. The second kappa shape index (κ2) is 9.31. The molecule has 0 aromatic rings. The molecule has 1 saturated heterocycles. The van der Waals surface area contributed by atoms with Gasteiger partial charge in [0, 0.05) is 17.9 Å². The zero-order chi connectivity index (χ0) is 28.0. The molecular formula is C29H42O10. The van der Waals surface area contributed by atoms with Crippen molar-refractivity contribution in [2.45, 2.75) is 120 Å². The van der Waals surface area contributed by atoms with E-state index in [4.69, 9.17) is 14.2 Å². The number of hydrogen-bond acceptors (Lipinski definition) is 10. The van der Waals surface area contributed by atoms with Crippen LogP contribution in [0.1, 0.15) is 71.6 Å². The Morgan fingerprint density at radius 3 is 2.41 bits per heavy atom. The molecule has 2 heterocycles. The Kier molecular flexibility index (Phi) is 6.62. The molecule has 5 N–H and O–H groups in total. The lowest BCUT2D eigenvalue weighted by molar-refractivity contribution is -0.317. The van der Waals surface area contributed by atoms with E-state index in [1.165, 1.54) is 0 Å². The van der Waals surface area contributed by atoms with Crippen molar-refractivity contribution in [2.75, 3.05) is 6.61 Å². The van der Waals surface area contributed by atoms with Crippen molar-refractivity contribution in [3.05, 3.63) is 11.6 Å². The molecule has 0 aromatic carbocycles. The van der Waals surface area contributed by atoms with Crippen LogP contribution in [0, 0.1) is 28.6 Å². The van der Waals surface area contributed by atoms with E-state index in [0.29, 0.717) is 44.9 Å². The highest BCUT2D eigenvalue weighted by molar-refractivity contribution is 5.85. The van der Waals surface area contributed by atoms with Crippen LogP contribution >= 0.6 is 0 Å². The molecule has 13 atom stereocenters. The van der Waals surface area contributed by atoms with E-state index in [2.05, 4.69) is 6.92 Å². The molecule has 0 aromatic heterocycles. The molecular weight excluding hydrogens is 508 g/mol. The maximum absolute atomic E-state index is 13.0. The van der Waals surface area contributed by atoms with Crippen LogP contribution in [-0.4, -0.2) is 92.4 Å². The van der Waals surface area contributed by atoms with E-state index in [-0.39, 0.29) is 36.8 Å². The van der Waals surface area contributed by atoms with E-state index < -0.39 is 58.8 Å². The summed E-state index contributed by atoms with van der Waals surface area (Å²) in [7, 11) is 0. The highest BCUT2D eigenvalue weighted by Crippen LogP contribution is 2.70. The Balaban J connectivity index is 1.22. The van der Waals surface area contributed by atoms with Crippen LogP contribution < -0.4 is 0 Å². The topological polar surface area (TPSA) is 163 Å². The lowest BCUT2D eigenvalue weighted by Gasteiger charge is -2.65. The van der Waals surface area contributed by atoms with Gasteiger partial charge in [0.05, 0.1) is 28.8 Å². The minimum atomic E-state index is -1.43. The van der Waals surface area contributed by atoms with Crippen molar-refractivity contribution in [3.63, 3.8) is 0 Å². The first-order valence-electron chi connectivity index (χ1n) is 14.5. The summed E-state index contributed by atoms with van der Waals surface area (Å²) >= 11 is 0. The molecule has 0 amide bonds. The molecule has 4 saturated carbocycles. The number of aliphatic hydroxyl groups is 5. The number of rotatable bonds is 4. The zero-order valence-corrected chi connectivity index (χ0v) is 22.7. The van der Waals surface area contributed by atoms with Gasteiger partial charge >= 0.3 is 5.97 Å². The van der Waals surface area contributed by atoms with Gasteiger partial charge < -0.3 is 44.5 Å². The maximum Gasteiger partial charge on any atom is 0.331 e. The predicted octanol–water partition coefficient (Wildman–Crippen LogP) is 0.750. The monoisotopic (exact) mass is 550 g/mol. The highest BCUT2D eigenvalue weighted by atomic mass is 16.7. The van der Waals surface area contributed by atoms with Crippen LogP contribution in [0.5, 0.6) is 0 Å². The summed E-state index contributed by atoms with van der Waals surface area (Å²) in [6.07, 6.45) is 0.689. The summed E-state index contributed by atoms with van der Waals surface area (Å²) in [6, 6.07) is 0. The summed E-state index contributed by atoms with van der Waals surface area (Å²) in [5.74, 6) is -0.616. The SMILES string of the molecule is C[C@H]1O[C@@H](O[C@H]2CC[C@]3(C=O)[C@@H]4CC[C@]5(C)[C@H](C6=CC(=O)OC6)CC[C@]5(O)[C@H]4CC[C@@]3(O)C2)[C@H](O)[C@H](O)[C@@H]1O. The first kappa shape index (κ1) is 27.8. The van der Waals surface area contributed by atoms with E-state index in [1.54, 1.807) is 13.0 Å². The molecule has 5 fully saturated rings. The van der Waals surface area contributed by atoms with Crippen molar-refractivity contribution >= 4 is 12.3 Å². The molecule has 10 heteroatoms. The number of aliphatic hydroxyl groups excluding tert-OH is 3. The molecule has 2 aliphatic heterocycles. The lowest BCUT2D eigenvalue weighted by atomic mass is 9.41. The summed E-state index contributed by atoms with van der Waals surface area (Å²) in [6.45, 7) is 3.98. The molecule has 39 heavy (non-hydrogen) atoms. The summed E-state index contributed by atoms with van der Waals surface area (Å²) in [5.41, 5.74) is -2.86. The second-order valence-electron chi connectivity index (χ2n) is 13.4. The van der Waals surface area contributed by atoms with Gasteiger partial charge in [-0.15, -0.1) is 0 Å². The molecule has 6 aliphatic rings. The first-order valence-corrected chi connectivity index (χ1v) is 14.5. The van der Waals surface area contributed by atoms with Crippen LogP contribution in [0.15, 0.2) is 11.6 Å². The van der Waals surface area contributed by atoms with Crippen molar-refractivity contribution in [3.8, 4) is 0 Å². The number of aldehydes is 1. The van der Waals surface area contributed by atoms with E-state index in [0.717, 1.165) is 18.3 Å². The zero-order valence-electron chi connectivity index (χ0n) is 22.7. The highest BCUT2D eigenvalue weighted by Gasteiger charge is 2.71. The Morgan fingerprint density at radius 2 is 1.72 bits per heavy atom. The number of carbonyl (C=O) groups excluding carboxylic acids is 2. The van der Waals surface area contributed by atoms with Crippen molar-refractivity contribution in [1.29, 1.82) is 0 Å². The number of ether oxygens (including phenoxy) is 3. The third-order valence-corrected chi connectivity index (χ3v) is 12.0. The molecule has 0 spiro atoms. The van der Waals surface area contributed by atoms with Crippen LogP contribution in [0.2, 0.25) is 0 Å². The fraction of sp³-hybridized carbons (Fsp3) is 0.862. The number of cyclic esters (lactones) is 1. The van der Waals surface area contributed by atoms with Gasteiger partial charge in [-0.3, -0.25) is 0 Å². The number of hydrogen-bond donors (Lipinski definition) is 5.